The predicted octanol–water partition coefficient (Wildman–Crippen LogP) is 4.38. The van der Waals surface area contributed by atoms with Gasteiger partial charge >= 0.3 is 0 Å². The molecule has 0 aliphatic heterocycles. The van der Waals surface area contributed by atoms with Crippen LogP contribution < -0.4 is 19.5 Å². The summed E-state index contributed by atoms with van der Waals surface area (Å²) < 4.78 is 16.5. The van der Waals surface area contributed by atoms with E-state index in [9.17, 15) is 4.79 Å². The number of hydrogen-bond acceptors (Lipinski definition) is 4. The molecule has 0 aliphatic carbocycles. The van der Waals surface area contributed by atoms with Crippen LogP contribution in [0.1, 0.15) is 37.9 Å². The fourth-order valence-electron chi connectivity index (χ4n) is 2.65. The smallest absolute Gasteiger partial charge is 0.244 e. The minimum Gasteiger partial charge on any atom is -0.496 e. The molecule has 0 aliphatic rings. The number of carbonyl (C=O) groups is 1. The molecule has 0 bridgehead atoms. The standard InChI is InChI=1S/C22H27NO4/c1-5-26-20-13-11-18(15-21(20)27-6-2)16(3)23-22(24)14-12-17-9-7-8-10-19(17)25-4/h7-16H,5-6H2,1-4H3,(H,23,24). The van der Waals surface area contributed by atoms with Gasteiger partial charge in [-0.2, -0.15) is 0 Å². The quantitative estimate of drug-likeness (QED) is 0.666. The lowest BCUT2D eigenvalue weighted by Crippen LogP contribution is -2.24. The van der Waals surface area contributed by atoms with Crippen molar-refractivity contribution in [1.82, 2.24) is 5.32 Å². The van der Waals surface area contributed by atoms with Crippen LogP contribution in [0.4, 0.5) is 0 Å². The van der Waals surface area contributed by atoms with Gasteiger partial charge in [0, 0.05) is 11.6 Å². The fourth-order valence-corrected chi connectivity index (χ4v) is 2.65. The number of methoxy groups -OCH3 is 1. The lowest BCUT2D eigenvalue weighted by atomic mass is 10.1. The van der Waals surface area contributed by atoms with Gasteiger partial charge in [0.15, 0.2) is 11.5 Å². The third-order valence-corrected chi connectivity index (χ3v) is 3.98. The molecule has 0 fully saturated rings. The molecule has 5 nitrogen and oxygen atoms in total. The summed E-state index contributed by atoms with van der Waals surface area (Å²) in [6.45, 7) is 6.91. The van der Waals surface area contributed by atoms with Gasteiger partial charge in [0.2, 0.25) is 5.91 Å². The van der Waals surface area contributed by atoms with E-state index in [2.05, 4.69) is 5.32 Å². The molecular weight excluding hydrogens is 342 g/mol. The molecule has 2 rings (SSSR count). The summed E-state index contributed by atoms with van der Waals surface area (Å²) in [5.74, 6) is 1.93. The van der Waals surface area contributed by atoms with Crippen LogP contribution >= 0.6 is 0 Å². The highest BCUT2D eigenvalue weighted by Gasteiger charge is 2.12. The van der Waals surface area contributed by atoms with Crippen molar-refractivity contribution in [1.29, 1.82) is 0 Å². The second kappa shape index (κ2) is 10.3. The van der Waals surface area contributed by atoms with Crippen molar-refractivity contribution in [3.05, 3.63) is 59.7 Å². The first-order valence-corrected chi connectivity index (χ1v) is 9.10. The first-order chi connectivity index (χ1) is 13.1. The minimum absolute atomic E-state index is 0.172. The van der Waals surface area contributed by atoms with E-state index in [0.29, 0.717) is 24.7 Å². The molecule has 5 heteroatoms. The molecule has 1 atom stereocenters. The van der Waals surface area contributed by atoms with Crippen molar-refractivity contribution in [2.45, 2.75) is 26.8 Å². The van der Waals surface area contributed by atoms with Crippen LogP contribution in [0.2, 0.25) is 0 Å². The number of nitrogens with one attached hydrogen (secondary N) is 1. The average molecular weight is 369 g/mol. The van der Waals surface area contributed by atoms with Crippen LogP contribution in [0.15, 0.2) is 48.5 Å². The van der Waals surface area contributed by atoms with E-state index in [4.69, 9.17) is 14.2 Å². The Labute approximate surface area is 161 Å². The summed E-state index contributed by atoms with van der Waals surface area (Å²) in [5, 5.41) is 2.96. The number of amides is 1. The molecule has 2 aromatic rings. The SMILES string of the molecule is CCOc1ccc(C(C)NC(=O)C=Cc2ccccc2OC)cc1OCC. The fraction of sp³-hybridized carbons (Fsp3) is 0.318. The normalized spacial score (nSPS) is 11.9. The number of para-hydroxylation sites is 1. The summed E-state index contributed by atoms with van der Waals surface area (Å²) in [6.07, 6.45) is 3.25. The predicted molar refractivity (Wildman–Crippen MR) is 107 cm³/mol. The van der Waals surface area contributed by atoms with Crippen molar-refractivity contribution in [3.8, 4) is 17.2 Å². The van der Waals surface area contributed by atoms with Gasteiger partial charge in [-0.3, -0.25) is 4.79 Å². The van der Waals surface area contributed by atoms with Crippen LogP contribution in [0.5, 0.6) is 17.2 Å². The van der Waals surface area contributed by atoms with Gasteiger partial charge in [0.1, 0.15) is 5.75 Å². The lowest BCUT2D eigenvalue weighted by molar-refractivity contribution is -0.117. The first kappa shape index (κ1) is 20.4. The summed E-state index contributed by atoms with van der Waals surface area (Å²) in [4.78, 5) is 12.3. The highest BCUT2D eigenvalue weighted by atomic mass is 16.5. The molecule has 1 amide bonds. The molecule has 144 valence electrons. The maximum absolute atomic E-state index is 12.3. The Bertz CT molecular complexity index is 786. The Hall–Kier alpha value is -2.95. The zero-order chi connectivity index (χ0) is 19.6. The van der Waals surface area contributed by atoms with E-state index < -0.39 is 0 Å². The molecule has 0 aromatic heterocycles. The number of ether oxygens (including phenoxy) is 3. The number of hydrogen-bond donors (Lipinski definition) is 1. The number of rotatable bonds is 9. The van der Waals surface area contributed by atoms with Crippen LogP contribution in [0.3, 0.4) is 0 Å². The molecule has 1 N–H and O–H groups in total. The van der Waals surface area contributed by atoms with Gasteiger partial charge in [0.05, 0.1) is 26.4 Å². The molecule has 0 heterocycles. The topological polar surface area (TPSA) is 56.8 Å². The zero-order valence-electron chi connectivity index (χ0n) is 16.3. The molecule has 27 heavy (non-hydrogen) atoms. The molecule has 0 saturated carbocycles. The summed E-state index contributed by atoms with van der Waals surface area (Å²) in [7, 11) is 1.61. The summed E-state index contributed by atoms with van der Waals surface area (Å²) in [5.41, 5.74) is 1.79. The zero-order valence-corrected chi connectivity index (χ0v) is 16.3. The number of benzene rings is 2. The Kier molecular flexibility index (Phi) is 7.74. The van der Waals surface area contributed by atoms with E-state index in [0.717, 1.165) is 16.9 Å². The Morgan fingerprint density at radius 3 is 2.44 bits per heavy atom. The van der Waals surface area contributed by atoms with Gasteiger partial charge in [-0.1, -0.05) is 24.3 Å². The van der Waals surface area contributed by atoms with Crippen LogP contribution in [-0.4, -0.2) is 26.2 Å². The third-order valence-electron chi connectivity index (χ3n) is 3.98. The van der Waals surface area contributed by atoms with Crippen LogP contribution in [-0.2, 0) is 4.79 Å². The molecule has 0 saturated heterocycles. The van der Waals surface area contributed by atoms with Crippen LogP contribution in [0.25, 0.3) is 6.08 Å². The van der Waals surface area contributed by atoms with Gasteiger partial charge in [-0.15, -0.1) is 0 Å². The monoisotopic (exact) mass is 369 g/mol. The second-order valence-corrected chi connectivity index (χ2v) is 5.88. The van der Waals surface area contributed by atoms with Crippen molar-refractivity contribution in [2.24, 2.45) is 0 Å². The van der Waals surface area contributed by atoms with Crippen LogP contribution in [0, 0.1) is 0 Å². The molecule has 0 radical (unpaired) electrons. The lowest BCUT2D eigenvalue weighted by Gasteiger charge is -2.17. The molecular formula is C22H27NO4. The Morgan fingerprint density at radius 1 is 1.04 bits per heavy atom. The van der Waals surface area contributed by atoms with Crippen molar-refractivity contribution < 1.29 is 19.0 Å². The molecule has 0 spiro atoms. The minimum atomic E-state index is -0.180. The van der Waals surface area contributed by atoms with E-state index in [-0.39, 0.29) is 11.9 Å². The molecule has 2 aromatic carbocycles. The maximum atomic E-state index is 12.3. The van der Waals surface area contributed by atoms with Crippen molar-refractivity contribution in [3.63, 3.8) is 0 Å². The highest BCUT2D eigenvalue weighted by Crippen LogP contribution is 2.30. The summed E-state index contributed by atoms with van der Waals surface area (Å²) in [6, 6.07) is 13.1. The average Bonchev–Trinajstić information content (AvgIpc) is 2.68. The number of carbonyl (C=O) groups excluding carboxylic acids is 1. The van der Waals surface area contributed by atoms with E-state index >= 15 is 0 Å². The largest absolute Gasteiger partial charge is 0.496 e. The van der Waals surface area contributed by atoms with Gasteiger partial charge in [0.25, 0.3) is 0 Å². The third kappa shape index (κ3) is 5.78. The van der Waals surface area contributed by atoms with Crippen molar-refractivity contribution in [2.75, 3.05) is 20.3 Å². The Balaban J connectivity index is 2.07. The van der Waals surface area contributed by atoms with Crippen molar-refractivity contribution >= 4 is 12.0 Å². The summed E-state index contributed by atoms with van der Waals surface area (Å²) >= 11 is 0. The molecule has 1 unspecified atom stereocenters. The second-order valence-electron chi connectivity index (χ2n) is 5.88. The first-order valence-electron chi connectivity index (χ1n) is 9.10. The van der Waals surface area contributed by atoms with E-state index in [1.165, 1.54) is 6.08 Å². The van der Waals surface area contributed by atoms with Gasteiger partial charge < -0.3 is 19.5 Å². The van der Waals surface area contributed by atoms with E-state index in [1.807, 2.05) is 63.2 Å². The van der Waals surface area contributed by atoms with Gasteiger partial charge in [-0.25, -0.2) is 0 Å². The van der Waals surface area contributed by atoms with E-state index in [1.54, 1.807) is 13.2 Å². The highest BCUT2D eigenvalue weighted by molar-refractivity contribution is 5.92. The van der Waals surface area contributed by atoms with Gasteiger partial charge in [-0.05, 0) is 50.6 Å². The maximum Gasteiger partial charge on any atom is 0.244 e. The Morgan fingerprint density at radius 2 is 1.74 bits per heavy atom.